The van der Waals surface area contributed by atoms with E-state index in [2.05, 4.69) is 6.92 Å². The van der Waals surface area contributed by atoms with Gasteiger partial charge >= 0.3 is 18.2 Å². The lowest BCUT2D eigenvalue weighted by molar-refractivity contribution is -0.281. The van der Waals surface area contributed by atoms with E-state index in [4.69, 9.17) is 4.74 Å². The van der Waals surface area contributed by atoms with Crippen LogP contribution in [0.15, 0.2) is 24.3 Å². The summed E-state index contributed by atoms with van der Waals surface area (Å²) in [5.41, 5.74) is -0.191. The van der Waals surface area contributed by atoms with Gasteiger partial charge in [-0.1, -0.05) is 58.3 Å². The molecule has 0 saturated heterocycles. The maximum atomic E-state index is 14.1. The van der Waals surface area contributed by atoms with Crippen molar-refractivity contribution in [2.45, 2.75) is 83.9 Å². The molecular weight excluding hydrogens is 405 g/mol. The number of unbranched alkanes of at least 4 members (excludes halogenated alkanes) is 8. The van der Waals surface area contributed by atoms with Crippen molar-refractivity contribution in [2.75, 3.05) is 18.1 Å². The summed E-state index contributed by atoms with van der Waals surface area (Å²) < 4.78 is 72.0. The van der Waals surface area contributed by atoms with Gasteiger partial charge in [0.15, 0.2) is 0 Å². The van der Waals surface area contributed by atoms with Crippen LogP contribution in [0, 0.1) is 0 Å². The molecule has 0 atom stereocenters. The molecule has 30 heavy (non-hydrogen) atoms. The van der Waals surface area contributed by atoms with Crippen molar-refractivity contribution in [3.8, 4) is 0 Å². The summed E-state index contributed by atoms with van der Waals surface area (Å²) in [5, 5.41) is 0. The first kappa shape index (κ1) is 26.2. The summed E-state index contributed by atoms with van der Waals surface area (Å²) in [6, 6.07) is -0.413. The molecule has 0 radical (unpaired) electrons. The number of carbonyl (C=O) groups excluding carboxylic acids is 1. The maximum absolute atomic E-state index is 14.1. The van der Waals surface area contributed by atoms with Gasteiger partial charge in [-0.2, -0.15) is 22.0 Å². The largest absolute Gasteiger partial charge is 0.475 e. The highest BCUT2D eigenvalue weighted by Gasteiger charge is 2.61. The summed E-state index contributed by atoms with van der Waals surface area (Å²) in [7, 11) is 0. The molecule has 0 aromatic heterocycles. The number of halogens is 5. The third-order valence-corrected chi connectivity index (χ3v) is 4.86. The van der Waals surface area contributed by atoms with Gasteiger partial charge in [0.05, 0.1) is 12.2 Å². The minimum absolute atomic E-state index is 0.0726. The summed E-state index contributed by atoms with van der Waals surface area (Å²) in [6.45, 7) is 3.45. The average Bonchev–Trinajstić information content (AvgIpc) is 2.69. The first-order chi connectivity index (χ1) is 14.1. The van der Waals surface area contributed by atoms with E-state index < -0.39 is 24.7 Å². The topological polar surface area (TPSA) is 29.5 Å². The molecule has 0 aliphatic heterocycles. The molecule has 0 heterocycles. The van der Waals surface area contributed by atoms with Crippen molar-refractivity contribution >= 4 is 11.7 Å². The fraction of sp³-hybridized carbons (Fsp3) is 0.682. The van der Waals surface area contributed by atoms with Gasteiger partial charge in [0, 0.05) is 12.2 Å². The minimum atomic E-state index is -5.70. The highest BCUT2D eigenvalue weighted by Crippen LogP contribution is 2.41. The van der Waals surface area contributed by atoms with Crippen LogP contribution in [-0.2, 0) is 4.74 Å². The molecule has 172 valence electrons. The number of anilines is 1. The van der Waals surface area contributed by atoms with Crippen LogP contribution >= 0.6 is 0 Å². The van der Waals surface area contributed by atoms with Crippen LogP contribution in [0.25, 0.3) is 0 Å². The molecule has 1 aromatic carbocycles. The molecule has 0 aliphatic carbocycles. The Hall–Kier alpha value is -1.86. The van der Waals surface area contributed by atoms with Gasteiger partial charge in [-0.25, -0.2) is 4.79 Å². The predicted octanol–water partition coefficient (Wildman–Crippen LogP) is 7.36. The first-order valence-electron chi connectivity index (χ1n) is 10.6. The Bertz CT molecular complexity index is 617. The van der Waals surface area contributed by atoms with Crippen LogP contribution in [0.1, 0.15) is 82.0 Å². The quantitative estimate of drug-likeness (QED) is 0.132. The Balaban J connectivity index is 2.72. The lowest BCUT2D eigenvalue weighted by Crippen LogP contribution is -2.53. The minimum Gasteiger partial charge on any atom is -0.462 e. The van der Waals surface area contributed by atoms with Gasteiger partial charge in [0.25, 0.3) is 0 Å². The number of alkyl halides is 5. The van der Waals surface area contributed by atoms with Crippen molar-refractivity contribution in [3.05, 3.63) is 29.8 Å². The van der Waals surface area contributed by atoms with Gasteiger partial charge in [0.1, 0.15) is 0 Å². The zero-order valence-electron chi connectivity index (χ0n) is 17.7. The average molecular weight is 437 g/mol. The molecule has 0 N–H and O–H groups in total. The van der Waals surface area contributed by atoms with Crippen LogP contribution in [-0.4, -0.2) is 31.3 Å². The number of hydrogen-bond donors (Lipinski definition) is 0. The standard InChI is InChI=1S/C22H32F5NO2/c1-3-5-6-7-8-9-10-11-12-17-28(22(26,27)21(23,24)25)19-15-13-18(14-16-19)20(29)30-4-2/h13-16H,3-12,17H2,1-2H3. The smallest absolute Gasteiger partial charge is 0.462 e. The zero-order chi connectivity index (χ0) is 22.6. The normalized spacial score (nSPS) is 12.1. The van der Waals surface area contributed by atoms with E-state index in [1.54, 1.807) is 6.92 Å². The second-order valence-corrected chi connectivity index (χ2v) is 7.29. The van der Waals surface area contributed by atoms with E-state index in [-0.39, 0.29) is 29.2 Å². The molecular formula is C22H32F5NO2. The van der Waals surface area contributed by atoms with E-state index in [0.29, 0.717) is 6.42 Å². The van der Waals surface area contributed by atoms with Crippen LogP contribution in [0.3, 0.4) is 0 Å². The van der Waals surface area contributed by atoms with Crippen molar-refractivity contribution in [3.63, 3.8) is 0 Å². The van der Waals surface area contributed by atoms with Crippen molar-refractivity contribution in [1.29, 1.82) is 0 Å². The van der Waals surface area contributed by atoms with E-state index in [0.717, 1.165) is 44.2 Å². The molecule has 0 amide bonds. The predicted molar refractivity (Wildman–Crippen MR) is 108 cm³/mol. The summed E-state index contributed by atoms with van der Waals surface area (Å²) in [6.07, 6.45) is 2.56. The monoisotopic (exact) mass is 437 g/mol. The van der Waals surface area contributed by atoms with E-state index in [1.807, 2.05) is 0 Å². The third kappa shape index (κ3) is 8.11. The molecule has 8 heteroatoms. The number of benzene rings is 1. The van der Waals surface area contributed by atoms with Crippen LogP contribution in [0.4, 0.5) is 27.6 Å². The van der Waals surface area contributed by atoms with Gasteiger partial charge in [0.2, 0.25) is 0 Å². The van der Waals surface area contributed by atoms with E-state index in [9.17, 15) is 26.7 Å². The van der Waals surface area contributed by atoms with Gasteiger partial charge in [-0.15, -0.1) is 0 Å². The number of esters is 1. The third-order valence-electron chi connectivity index (χ3n) is 4.86. The van der Waals surface area contributed by atoms with E-state index in [1.165, 1.54) is 25.0 Å². The Morgan fingerprint density at radius 1 is 0.833 bits per heavy atom. The van der Waals surface area contributed by atoms with Crippen molar-refractivity contribution < 1.29 is 31.5 Å². The SMILES string of the molecule is CCCCCCCCCCCN(c1ccc(C(=O)OCC)cc1)C(F)(F)C(F)(F)F. The fourth-order valence-electron chi connectivity index (χ4n) is 3.16. The Kier molecular flexibility index (Phi) is 11.1. The lowest BCUT2D eigenvalue weighted by atomic mass is 10.1. The van der Waals surface area contributed by atoms with Gasteiger partial charge in [-0.05, 0) is 37.6 Å². The molecule has 0 aliphatic rings. The second kappa shape index (κ2) is 12.7. The number of rotatable bonds is 14. The molecule has 1 rings (SSSR count). The number of carbonyl (C=O) groups is 1. The molecule has 3 nitrogen and oxygen atoms in total. The lowest BCUT2D eigenvalue weighted by Gasteiger charge is -2.34. The maximum Gasteiger partial charge on any atom is 0.475 e. The zero-order valence-corrected chi connectivity index (χ0v) is 17.7. The highest BCUT2D eigenvalue weighted by atomic mass is 19.4. The van der Waals surface area contributed by atoms with Crippen LogP contribution < -0.4 is 4.90 Å². The second-order valence-electron chi connectivity index (χ2n) is 7.29. The van der Waals surface area contributed by atoms with Gasteiger partial charge in [-0.3, -0.25) is 0 Å². The molecule has 0 spiro atoms. The molecule has 0 bridgehead atoms. The molecule has 1 aromatic rings. The Morgan fingerprint density at radius 2 is 1.33 bits per heavy atom. The van der Waals surface area contributed by atoms with E-state index >= 15 is 0 Å². The molecule has 0 unspecified atom stereocenters. The number of nitrogens with zero attached hydrogens (tertiary/aromatic N) is 1. The first-order valence-corrected chi connectivity index (χ1v) is 10.6. The summed E-state index contributed by atoms with van der Waals surface area (Å²) in [4.78, 5) is 11.7. The van der Waals surface area contributed by atoms with Crippen molar-refractivity contribution in [2.24, 2.45) is 0 Å². The molecule has 0 saturated carbocycles. The Labute approximate surface area is 175 Å². The highest BCUT2D eigenvalue weighted by molar-refractivity contribution is 5.89. The molecule has 0 fully saturated rings. The number of ether oxygens (including phenoxy) is 1. The number of hydrogen-bond acceptors (Lipinski definition) is 3. The van der Waals surface area contributed by atoms with Gasteiger partial charge < -0.3 is 9.64 Å². The van der Waals surface area contributed by atoms with Crippen LogP contribution in [0.5, 0.6) is 0 Å². The van der Waals surface area contributed by atoms with Crippen molar-refractivity contribution in [1.82, 2.24) is 0 Å². The van der Waals surface area contributed by atoms with Crippen LogP contribution in [0.2, 0.25) is 0 Å². The fourth-order valence-corrected chi connectivity index (χ4v) is 3.16. The Morgan fingerprint density at radius 3 is 1.80 bits per heavy atom. The summed E-state index contributed by atoms with van der Waals surface area (Å²) >= 11 is 0. The summed E-state index contributed by atoms with van der Waals surface area (Å²) in [5.74, 6) is -0.655.